The van der Waals surface area contributed by atoms with Gasteiger partial charge in [0.15, 0.2) is 5.58 Å². The lowest BCUT2D eigenvalue weighted by molar-refractivity contribution is -0.137. The molecule has 1 saturated carbocycles. The lowest BCUT2D eigenvalue weighted by Crippen LogP contribution is -2.37. The van der Waals surface area contributed by atoms with Gasteiger partial charge in [0.25, 0.3) is 5.91 Å². The van der Waals surface area contributed by atoms with E-state index in [0.717, 1.165) is 37.8 Å². The van der Waals surface area contributed by atoms with E-state index in [4.69, 9.17) is 4.42 Å². The molecule has 2 aromatic heterocycles. The number of hydrogen-bond donors (Lipinski definition) is 1. The van der Waals surface area contributed by atoms with Crippen molar-refractivity contribution in [3.05, 3.63) is 59.5 Å². The molecule has 4 rings (SSSR count). The summed E-state index contributed by atoms with van der Waals surface area (Å²) in [5.74, 6) is -0.217. The van der Waals surface area contributed by atoms with E-state index in [1.165, 1.54) is 18.8 Å². The Bertz CT molecular complexity index is 981. The number of nitrogens with zero attached hydrogens (tertiary/aromatic N) is 1. The molecule has 1 aliphatic carbocycles. The van der Waals surface area contributed by atoms with Gasteiger partial charge in [0, 0.05) is 24.7 Å². The van der Waals surface area contributed by atoms with Crippen LogP contribution in [0.4, 0.5) is 13.2 Å². The zero-order chi connectivity index (χ0) is 19.7. The van der Waals surface area contributed by atoms with Crippen LogP contribution in [-0.4, -0.2) is 16.5 Å². The van der Waals surface area contributed by atoms with E-state index in [9.17, 15) is 18.0 Å². The standard InChI is InChI=1S/C21H21F3N2O2/c22-21(23,24)15-6-4-5-14(11-15)13-26-17-9-10-28-19(17)12-18(26)20(27)25-16-7-2-1-3-8-16/h4-6,9-12,16H,1-3,7-8,13H2,(H,25,27). The van der Waals surface area contributed by atoms with Crippen molar-refractivity contribution in [1.82, 2.24) is 9.88 Å². The van der Waals surface area contributed by atoms with Gasteiger partial charge in [0.05, 0.1) is 17.3 Å². The molecule has 7 heteroatoms. The van der Waals surface area contributed by atoms with Crippen LogP contribution in [-0.2, 0) is 12.7 Å². The Balaban J connectivity index is 1.64. The van der Waals surface area contributed by atoms with E-state index in [0.29, 0.717) is 22.4 Å². The third-order valence-corrected chi connectivity index (χ3v) is 5.29. The summed E-state index contributed by atoms with van der Waals surface area (Å²) in [5, 5.41) is 3.07. The fourth-order valence-corrected chi connectivity index (χ4v) is 3.87. The van der Waals surface area contributed by atoms with Crippen molar-refractivity contribution in [3.8, 4) is 0 Å². The highest BCUT2D eigenvalue weighted by Gasteiger charge is 2.30. The van der Waals surface area contributed by atoms with Crippen molar-refractivity contribution in [2.24, 2.45) is 0 Å². The zero-order valence-corrected chi connectivity index (χ0v) is 15.3. The van der Waals surface area contributed by atoms with E-state index in [1.807, 2.05) is 0 Å². The molecule has 1 aliphatic rings. The number of aromatic nitrogens is 1. The van der Waals surface area contributed by atoms with E-state index in [1.54, 1.807) is 22.8 Å². The average Bonchev–Trinajstić information content (AvgIpc) is 3.25. The number of carbonyl (C=O) groups excluding carboxylic acids is 1. The van der Waals surface area contributed by atoms with Gasteiger partial charge in [0.2, 0.25) is 0 Å². The molecule has 2 heterocycles. The van der Waals surface area contributed by atoms with Crippen LogP contribution in [0.2, 0.25) is 0 Å². The number of carbonyl (C=O) groups is 1. The second-order valence-corrected chi connectivity index (χ2v) is 7.29. The lowest BCUT2D eigenvalue weighted by atomic mass is 9.95. The fraction of sp³-hybridized carbons (Fsp3) is 0.381. The molecule has 1 fully saturated rings. The number of alkyl halides is 3. The van der Waals surface area contributed by atoms with Gasteiger partial charge in [-0.15, -0.1) is 0 Å². The van der Waals surface area contributed by atoms with E-state index < -0.39 is 11.7 Å². The van der Waals surface area contributed by atoms with Crippen molar-refractivity contribution < 1.29 is 22.4 Å². The number of fused-ring (bicyclic) bond motifs is 1. The number of nitrogens with one attached hydrogen (secondary N) is 1. The number of furan rings is 1. The molecule has 4 nitrogen and oxygen atoms in total. The number of hydrogen-bond acceptors (Lipinski definition) is 2. The first-order valence-electron chi connectivity index (χ1n) is 9.45. The fourth-order valence-electron chi connectivity index (χ4n) is 3.87. The first-order valence-corrected chi connectivity index (χ1v) is 9.45. The summed E-state index contributed by atoms with van der Waals surface area (Å²) < 4.78 is 46.2. The van der Waals surface area contributed by atoms with Crippen molar-refractivity contribution in [3.63, 3.8) is 0 Å². The highest BCUT2D eigenvalue weighted by molar-refractivity contribution is 5.97. The third kappa shape index (κ3) is 3.79. The summed E-state index contributed by atoms with van der Waals surface area (Å²) in [5.41, 5.74) is 1.40. The Morgan fingerprint density at radius 1 is 1.14 bits per heavy atom. The molecule has 1 amide bonds. The van der Waals surface area contributed by atoms with Gasteiger partial charge in [-0.2, -0.15) is 13.2 Å². The molecule has 0 spiro atoms. The predicted molar refractivity (Wildman–Crippen MR) is 99.1 cm³/mol. The quantitative estimate of drug-likeness (QED) is 0.652. The number of amides is 1. The summed E-state index contributed by atoms with van der Waals surface area (Å²) in [6, 6.07) is 8.70. The van der Waals surface area contributed by atoms with Gasteiger partial charge in [-0.1, -0.05) is 31.4 Å². The summed E-state index contributed by atoms with van der Waals surface area (Å²) >= 11 is 0. The molecule has 1 N–H and O–H groups in total. The monoisotopic (exact) mass is 390 g/mol. The molecule has 28 heavy (non-hydrogen) atoms. The number of benzene rings is 1. The molecular formula is C21H21F3N2O2. The van der Waals surface area contributed by atoms with Crippen LogP contribution in [0.25, 0.3) is 11.1 Å². The number of rotatable bonds is 4. The minimum Gasteiger partial charge on any atom is -0.463 e. The van der Waals surface area contributed by atoms with Crippen molar-refractivity contribution in [1.29, 1.82) is 0 Å². The second kappa shape index (κ2) is 7.37. The maximum Gasteiger partial charge on any atom is 0.416 e. The van der Waals surface area contributed by atoms with E-state index in [2.05, 4.69) is 5.32 Å². The Hall–Kier alpha value is -2.70. The first kappa shape index (κ1) is 18.7. The summed E-state index contributed by atoms with van der Waals surface area (Å²) in [6.45, 7) is 0.153. The zero-order valence-electron chi connectivity index (χ0n) is 15.3. The maximum atomic E-state index is 13.0. The molecule has 1 aromatic carbocycles. The smallest absolute Gasteiger partial charge is 0.416 e. The summed E-state index contributed by atoms with van der Waals surface area (Å²) in [7, 11) is 0. The molecule has 0 radical (unpaired) electrons. The van der Waals surface area contributed by atoms with E-state index in [-0.39, 0.29) is 18.5 Å². The molecule has 0 saturated heterocycles. The van der Waals surface area contributed by atoms with Gasteiger partial charge < -0.3 is 14.3 Å². The summed E-state index contributed by atoms with van der Waals surface area (Å²) in [4.78, 5) is 12.9. The van der Waals surface area contributed by atoms with Gasteiger partial charge >= 0.3 is 6.18 Å². The Labute approximate surface area is 160 Å². The van der Waals surface area contributed by atoms with Gasteiger partial charge in [-0.3, -0.25) is 4.79 Å². The van der Waals surface area contributed by atoms with Crippen LogP contribution in [0, 0.1) is 0 Å². The van der Waals surface area contributed by atoms with Gasteiger partial charge in [-0.25, -0.2) is 0 Å². The summed E-state index contributed by atoms with van der Waals surface area (Å²) in [6.07, 6.45) is 2.39. The third-order valence-electron chi connectivity index (χ3n) is 5.29. The Morgan fingerprint density at radius 2 is 1.93 bits per heavy atom. The van der Waals surface area contributed by atoms with Crippen molar-refractivity contribution >= 4 is 17.0 Å². The minimum atomic E-state index is -4.40. The Morgan fingerprint density at radius 3 is 2.68 bits per heavy atom. The SMILES string of the molecule is O=C(NC1CCCCC1)c1cc2occc2n1Cc1cccc(C(F)(F)F)c1. The number of halogens is 3. The van der Waals surface area contributed by atoms with Crippen molar-refractivity contribution in [2.75, 3.05) is 0 Å². The lowest BCUT2D eigenvalue weighted by Gasteiger charge is -2.23. The van der Waals surface area contributed by atoms with Crippen LogP contribution in [0.3, 0.4) is 0 Å². The molecule has 0 unspecified atom stereocenters. The molecule has 0 aliphatic heterocycles. The maximum absolute atomic E-state index is 13.0. The van der Waals surface area contributed by atoms with Gasteiger partial charge in [-0.05, 0) is 30.5 Å². The van der Waals surface area contributed by atoms with Crippen molar-refractivity contribution in [2.45, 2.75) is 50.9 Å². The molecule has 148 valence electrons. The molecule has 3 aromatic rings. The largest absolute Gasteiger partial charge is 0.463 e. The first-order chi connectivity index (χ1) is 13.4. The molecule has 0 atom stereocenters. The minimum absolute atomic E-state index is 0.143. The highest BCUT2D eigenvalue weighted by Crippen LogP contribution is 2.30. The average molecular weight is 390 g/mol. The topological polar surface area (TPSA) is 47.2 Å². The van der Waals surface area contributed by atoms with Crippen LogP contribution < -0.4 is 5.32 Å². The van der Waals surface area contributed by atoms with Crippen LogP contribution in [0.1, 0.15) is 53.7 Å². The molecule has 0 bridgehead atoms. The van der Waals surface area contributed by atoms with E-state index >= 15 is 0 Å². The van der Waals surface area contributed by atoms with Crippen LogP contribution in [0.15, 0.2) is 47.1 Å². The Kier molecular flexibility index (Phi) is 4.91. The highest BCUT2D eigenvalue weighted by atomic mass is 19.4. The van der Waals surface area contributed by atoms with Gasteiger partial charge in [0.1, 0.15) is 5.69 Å². The van der Waals surface area contributed by atoms with Crippen LogP contribution in [0.5, 0.6) is 0 Å². The predicted octanol–water partition coefficient (Wildman–Crippen LogP) is 5.36. The normalized spacial score (nSPS) is 15.8. The van der Waals surface area contributed by atoms with Crippen LogP contribution >= 0.6 is 0 Å². The molecular weight excluding hydrogens is 369 g/mol. The second-order valence-electron chi connectivity index (χ2n) is 7.29.